The fraction of sp³-hybridized carbons (Fsp3) is 0.485. The number of nitrogens with zero attached hydrogens (tertiary/aromatic N) is 1. The molecule has 266 valence electrons. The number of benzene rings is 2. The molecule has 0 saturated carbocycles. The Morgan fingerprint density at radius 1 is 0.878 bits per heavy atom. The second-order valence-corrected chi connectivity index (χ2v) is 12.4. The lowest BCUT2D eigenvalue weighted by Gasteiger charge is -2.25. The maximum atomic E-state index is 13.3. The third-order valence-corrected chi connectivity index (χ3v) is 8.38. The molecule has 1 unspecified atom stereocenters. The highest BCUT2D eigenvalue weighted by molar-refractivity contribution is 6.03. The predicted molar refractivity (Wildman–Crippen MR) is 187 cm³/mol. The molecule has 0 aliphatic heterocycles. The molecule has 0 aliphatic carbocycles. The second kappa shape index (κ2) is 17.9. The van der Waals surface area contributed by atoms with Crippen LogP contribution in [0.25, 0.3) is 21.8 Å². The molecule has 0 aliphatic rings. The number of hydrogen-bond acceptors (Lipinski definition) is 10. The number of fused-ring (bicyclic) bond motifs is 2. The minimum atomic E-state index is -1.17. The number of aromatic amines is 1. The van der Waals surface area contributed by atoms with Crippen LogP contribution in [0.4, 0.5) is 11.4 Å². The lowest BCUT2D eigenvalue weighted by Crippen LogP contribution is -2.57. The first-order valence-electron chi connectivity index (χ1n) is 16.4. The molecule has 2 aromatic carbocycles. The van der Waals surface area contributed by atoms with E-state index in [4.69, 9.17) is 17.2 Å². The first-order chi connectivity index (χ1) is 23.2. The zero-order valence-corrected chi connectivity index (χ0v) is 28.0. The van der Waals surface area contributed by atoms with E-state index in [1.807, 2.05) is 0 Å². The number of pyridine rings is 1. The van der Waals surface area contributed by atoms with Crippen LogP contribution in [0.2, 0.25) is 0 Å². The first kappa shape index (κ1) is 38.4. The molecular formula is C33H47N9O7. The maximum absolute atomic E-state index is 13.3. The number of rotatable bonds is 19. The minimum absolute atomic E-state index is 0.153. The Balaban J connectivity index is 1.40. The third-order valence-electron chi connectivity index (χ3n) is 8.38. The zero-order chi connectivity index (χ0) is 36.2. The summed E-state index contributed by atoms with van der Waals surface area (Å²) in [6.07, 6.45) is 2.67. The van der Waals surface area contributed by atoms with Gasteiger partial charge in [-0.05, 0) is 56.2 Å². The van der Waals surface area contributed by atoms with Crippen LogP contribution in [0.15, 0.2) is 41.2 Å². The number of nitro benzene ring substituents is 1. The molecule has 16 nitrogen and oxygen atoms in total. The molecule has 0 fully saturated rings. The smallest absolute Gasteiger partial charge is 0.293 e. The Bertz CT molecular complexity index is 1730. The van der Waals surface area contributed by atoms with Crippen molar-refractivity contribution < 1.29 is 24.1 Å². The number of nitro groups is 1. The lowest BCUT2D eigenvalue weighted by molar-refractivity contribution is -0.383. The number of aromatic nitrogens is 1. The molecule has 3 rings (SSSR count). The SMILES string of the molecule is CC(C)[C@H](N)C(=O)N[C@@H](C(=O)NCCCC[C@H](N)C(=O)NCCCCNc1ccc([N+](=O)[O-])c2[nH]c3ccccc3c(=O)c12)C(C)C(N)=O. The van der Waals surface area contributed by atoms with Gasteiger partial charge >= 0.3 is 0 Å². The Hall–Kier alpha value is -5.09. The van der Waals surface area contributed by atoms with Crippen molar-refractivity contribution in [3.63, 3.8) is 0 Å². The van der Waals surface area contributed by atoms with Crippen LogP contribution in [0.3, 0.4) is 0 Å². The van der Waals surface area contributed by atoms with Gasteiger partial charge in [0.1, 0.15) is 11.6 Å². The molecule has 0 spiro atoms. The normalized spacial score (nSPS) is 13.8. The average molecular weight is 682 g/mol. The topological polar surface area (TPSA) is 270 Å². The summed E-state index contributed by atoms with van der Waals surface area (Å²) in [5.74, 6) is -3.29. The zero-order valence-electron chi connectivity index (χ0n) is 28.0. The van der Waals surface area contributed by atoms with E-state index in [2.05, 4.69) is 26.3 Å². The van der Waals surface area contributed by atoms with Gasteiger partial charge in [0.25, 0.3) is 5.69 Å². The predicted octanol–water partition coefficient (Wildman–Crippen LogP) is 1.10. The summed E-state index contributed by atoms with van der Waals surface area (Å²) in [4.78, 5) is 76.7. The van der Waals surface area contributed by atoms with Gasteiger partial charge in [-0.25, -0.2) is 0 Å². The number of unbranched alkanes of at least 4 members (excludes halogenated alkanes) is 2. The van der Waals surface area contributed by atoms with Crippen molar-refractivity contribution in [2.45, 2.75) is 71.0 Å². The van der Waals surface area contributed by atoms with Crippen molar-refractivity contribution in [1.82, 2.24) is 20.9 Å². The van der Waals surface area contributed by atoms with E-state index < -0.39 is 46.7 Å². The molecule has 0 radical (unpaired) electrons. The molecular weight excluding hydrogens is 634 g/mol. The highest BCUT2D eigenvalue weighted by atomic mass is 16.6. The van der Waals surface area contributed by atoms with Gasteiger partial charge in [0.15, 0.2) is 5.43 Å². The first-order valence-corrected chi connectivity index (χ1v) is 16.4. The Morgan fingerprint density at radius 2 is 1.51 bits per heavy atom. The molecule has 4 amide bonds. The minimum Gasteiger partial charge on any atom is -0.384 e. The quantitative estimate of drug-likeness (QED) is 0.0386. The number of nitrogens with one attached hydrogen (secondary N) is 5. The van der Waals surface area contributed by atoms with E-state index in [1.54, 1.807) is 38.1 Å². The molecule has 4 atom stereocenters. The van der Waals surface area contributed by atoms with Gasteiger partial charge in [-0.3, -0.25) is 34.1 Å². The highest BCUT2D eigenvalue weighted by Gasteiger charge is 2.32. The van der Waals surface area contributed by atoms with Gasteiger partial charge in [-0.15, -0.1) is 0 Å². The highest BCUT2D eigenvalue weighted by Crippen LogP contribution is 2.29. The van der Waals surface area contributed by atoms with Crippen molar-refractivity contribution in [1.29, 1.82) is 0 Å². The largest absolute Gasteiger partial charge is 0.384 e. The van der Waals surface area contributed by atoms with Crippen LogP contribution in [0, 0.1) is 22.0 Å². The molecule has 49 heavy (non-hydrogen) atoms. The van der Waals surface area contributed by atoms with E-state index in [0.29, 0.717) is 61.8 Å². The summed E-state index contributed by atoms with van der Waals surface area (Å²) in [6.45, 7) is 6.05. The fourth-order valence-corrected chi connectivity index (χ4v) is 5.20. The van der Waals surface area contributed by atoms with E-state index in [1.165, 1.54) is 19.1 Å². The van der Waals surface area contributed by atoms with Crippen LogP contribution in [-0.2, 0) is 19.2 Å². The van der Waals surface area contributed by atoms with Gasteiger partial charge in [0.2, 0.25) is 23.6 Å². The number of H-pyrrole nitrogens is 1. The third kappa shape index (κ3) is 10.2. The number of carbonyl (C=O) groups is 4. The molecule has 0 saturated heterocycles. The summed E-state index contributed by atoms with van der Waals surface area (Å²) in [5, 5.41) is 23.5. The summed E-state index contributed by atoms with van der Waals surface area (Å²) in [5.41, 5.74) is 17.9. The lowest BCUT2D eigenvalue weighted by atomic mass is 9.98. The molecule has 11 N–H and O–H groups in total. The van der Waals surface area contributed by atoms with Crippen LogP contribution in [0.5, 0.6) is 0 Å². The fourth-order valence-electron chi connectivity index (χ4n) is 5.20. The number of non-ortho nitro benzene ring substituents is 1. The van der Waals surface area contributed by atoms with Gasteiger partial charge in [0.05, 0.1) is 28.3 Å². The van der Waals surface area contributed by atoms with Crippen molar-refractivity contribution in [2.24, 2.45) is 29.0 Å². The summed E-state index contributed by atoms with van der Waals surface area (Å²) in [7, 11) is 0. The van der Waals surface area contributed by atoms with Crippen LogP contribution >= 0.6 is 0 Å². The number of primary amides is 1. The Labute approximate surface area is 283 Å². The van der Waals surface area contributed by atoms with E-state index >= 15 is 0 Å². The maximum Gasteiger partial charge on any atom is 0.293 e. The average Bonchev–Trinajstić information content (AvgIpc) is 3.07. The summed E-state index contributed by atoms with van der Waals surface area (Å²) < 4.78 is 0. The van der Waals surface area contributed by atoms with E-state index in [9.17, 15) is 34.1 Å². The van der Waals surface area contributed by atoms with Crippen molar-refractivity contribution >= 4 is 56.8 Å². The van der Waals surface area contributed by atoms with Crippen LogP contribution < -0.4 is 43.9 Å². The van der Waals surface area contributed by atoms with Gasteiger partial charge in [-0.1, -0.05) is 32.9 Å². The van der Waals surface area contributed by atoms with E-state index in [0.717, 1.165) is 0 Å². The number of amides is 4. The monoisotopic (exact) mass is 681 g/mol. The number of para-hydroxylation sites is 1. The molecule has 1 heterocycles. The van der Waals surface area contributed by atoms with Crippen molar-refractivity contribution in [3.8, 4) is 0 Å². The molecule has 0 bridgehead atoms. The van der Waals surface area contributed by atoms with E-state index in [-0.39, 0.29) is 40.4 Å². The number of nitrogens with two attached hydrogens (primary N) is 3. The number of carbonyl (C=O) groups excluding carboxylic acids is 4. The van der Waals surface area contributed by atoms with Crippen LogP contribution in [0.1, 0.15) is 52.9 Å². The molecule has 3 aromatic rings. The summed E-state index contributed by atoms with van der Waals surface area (Å²) in [6, 6.07) is 6.95. The van der Waals surface area contributed by atoms with Gasteiger partial charge < -0.3 is 43.5 Å². The second-order valence-electron chi connectivity index (χ2n) is 12.4. The van der Waals surface area contributed by atoms with Crippen LogP contribution in [-0.4, -0.2) is 71.3 Å². The van der Waals surface area contributed by atoms with Crippen molar-refractivity contribution in [3.05, 3.63) is 56.7 Å². The standard InChI is InChI=1S/C33H47N9O7/c1-18(2)26(35)32(46)41-27(19(3)30(36)44)33(47)39-16-7-6-11-21(34)31(45)38-17-9-8-15-37-23-13-14-24(42(48)49)28-25(23)29(43)20-10-4-5-12-22(20)40-28/h4-5,10,12-14,18-19,21,26-27,37H,6-9,11,15-17,34-35H2,1-3H3,(H2,36,44)(H,38,45)(H,39,47)(H,40,43)(H,41,46)/t19?,21-,26-,27+/m0/s1. The molecule has 1 aromatic heterocycles. The van der Waals surface area contributed by atoms with Gasteiger partial charge in [0, 0.05) is 42.3 Å². The van der Waals surface area contributed by atoms with Crippen molar-refractivity contribution in [2.75, 3.05) is 25.0 Å². The number of hydrogen-bond donors (Lipinski definition) is 8. The molecule has 16 heteroatoms. The Kier molecular flexibility index (Phi) is 14.0. The Morgan fingerprint density at radius 3 is 2.16 bits per heavy atom. The number of anilines is 1. The summed E-state index contributed by atoms with van der Waals surface area (Å²) >= 11 is 0. The van der Waals surface area contributed by atoms with Gasteiger partial charge in [-0.2, -0.15) is 0 Å².